The molecule has 0 bridgehead atoms. The van der Waals surface area contributed by atoms with Crippen LogP contribution in [0.25, 0.3) is 0 Å². The SMILES string of the molecule is CCOC(=O)C1CCCN(S(=O)(=O)c2cccc(C#N)c2)C1. The van der Waals surface area contributed by atoms with Crippen LogP contribution < -0.4 is 0 Å². The van der Waals surface area contributed by atoms with Crippen LogP contribution in [0.3, 0.4) is 0 Å². The third kappa shape index (κ3) is 3.46. The Morgan fingerprint density at radius 1 is 1.50 bits per heavy atom. The molecular weight excluding hydrogens is 304 g/mol. The van der Waals surface area contributed by atoms with Crippen LogP contribution in [0.5, 0.6) is 0 Å². The van der Waals surface area contributed by atoms with E-state index >= 15 is 0 Å². The number of nitriles is 1. The van der Waals surface area contributed by atoms with Crippen molar-refractivity contribution in [1.29, 1.82) is 5.26 Å². The summed E-state index contributed by atoms with van der Waals surface area (Å²) in [5, 5.41) is 8.89. The Kier molecular flexibility index (Phi) is 5.16. The zero-order chi connectivity index (χ0) is 16.2. The standard InChI is InChI=1S/C15H18N2O4S/c1-2-21-15(18)13-6-4-8-17(11-13)22(19,20)14-7-3-5-12(9-14)10-16/h3,5,7,9,13H,2,4,6,8,11H2,1H3. The summed E-state index contributed by atoms with van der Waals surface area (Å²) in [4.78, 5) is 11.9. The van der Waals surface area contributed by atoms with E-state index < -0.39 is 15.9 Å². The number of carbonyl (C=O) groups is 1. The molecule has 0 aromatic heterocycles. The van der Waals surface area contributed by atoms with Crippen LogP contribution >= 0.6 is 0 Å². The van der Waals surface area contributed by atoms with Crippen LogP contribution in [0.15, 0.2) is 29.2 Å². The molecule has 1 aliphatic heterocycles. The van der Waals surface area contributed by atoms with E-state index in [1.165, 1.54) is 22.5 Å². The van der Waals surface area contributed by atoms with Crippen molar-refractivity contribution in [2.75, 3.05) is 19.7 Å². The Labute approximate surface area is 130 Å². The predicted octanol–water partition coefficient (Wildman–Crippen LogP) is 1.52. The molecule has 1 aromatic carbocycles. The predicted molar refractivity (Wildman–Crippen MR) is 79.3 cm³/mol. The molecule has 6 nitrogen and oxygen atoms in total. The average Bonchev–Trinajstić information content (AvgIpc) is 2.55. The summed E-state index contributed by atoms with van der Waals surface area (Å²) in [5.74, 6) is -0.782. The van der Waals surface area contributed by atoms with Gasteiger partial charge in [0, 0.05) is 13.1 Å². The van der Waals surface area contributed by atoms with E-state index in [1.54, 1.807) is 13.0 Å². The van der Waals surface area contributed by atoms with Gasteiger partial charge < -0.3 is 4.74 Å². The first-order valence-corrected chi connectivity index (χ1v) is 8.60. The molecule has 1 saturated heterocycles. The minimum Gasteiger partial charge on any atom is -0.466 e. The van der Waals surface area contributed by atoms with E-state index in [4.69, 9.17) is 10.00 Å². The Hall–Kier alpha value is -1.91. The molecule has 1 unspecified atom stereocenters. The minimum atomic E-state index is -3.70. The second kappa shape index (κ2) is 6.90. The second-order valence-electron chi connectivity index (χ2n) is 5.09. The van der Waals surface area contributed by atoms with Crippen molar-refractivity contribution in [3.63, 3.8) is 0 Å². The lowest BCUT2D eigenvalue weighted by Crippen LogP contribution is -2.42. The van der Waals surface area contributed by atoms with Gasteiger partial charge in [0.1, 0.15) is 0 Å². The monoisotopic (exact) mass is 322 g/mol. The highest BCUT2D eigenvalue weighted by molar-refractivity contribution is 7.89. The van der Waals surface area contributed by atoms with Crippen molar-refractivity contribution in [2.24, 2.45) is 5.92 Å². The summed E-state index contributed by atoms with van der Waals surface area (Å²) >= 11 is 0. The molecule has 1 fully saturated rings. The van der Waals surface area contributed by atoms with E-state index in [1.807, 2.05) is 6.07 Å². The van der Waals surface area contributed by atoms with Crippen LogP contribution in [0.2, 0.25) is 0 Å². The van der Waals surface area contributed by atoms with Gasteiger partial charge in [-0.3, -0.25) is 4.79 Å². The van der Waals surface area contributed by atoms with Gasteiger partial charge in [0.25, 0.3) is 0 Å². The van der Waals surface area contributed by atoms with Crippen molar-refractivity contribution in [1.82, 2.24) is 4.31 Å². The first-order chi connectivity index (χ1) is 10.5. The number of carbonyl (C=O) groups excluding carboxylic acids is 1. The molecule has 0 amide bonds. The summed E-state index contributed by atoms with van der Waals surface area (Å²) < 4.78 is 31.6. The smallest absolute Gasteiger partial charge is 0.310 e. The number of rotatable bonds is 4. The van der Waals surface area contributed by atoms with Gasteiger partial charge in [-0.05, 0) is 38.0 Å². The molecule has 0 spiro atoms. The summed E-state index contributed by atoms with van der Waals surface area (Å²) in [5.41, 5.74) is 0.292. The molecule has 22 heavy (non-hydrogen) atoms. The van der Waals surface area contributed by atoms with E-state index in [9.17, 15) is 13.2 Å². The number of nitrogens with zero attached hydrogens (tertiary/aromatic N) is 2. The van der Waals surface area contributed by atoms with Crippen LogP contribution in [-0.2, 0) is 19.6 Å². The van der Waals surface area contributed by atoms with Gasteiger partial charge in [0.05, 0.1) is 29.1 Å². The maximum Gasteiger partial charge on any atom is 0.310 e. The van der Waals surface area contributed by atoms with Crippen LogP contribution in [-0.4, -0.2) is 38.4 Å². The number of hydrogen-bond donors (Lipinski definition) is 0. The number of esters is 1. The third-order valence-corrected chi connectivity index (χ3v) is 5.47. The molecule has 0 N–H and O–H groups in total. The van der Waals surface area contributed by atoms with Gasteiger partial charge in [-0.2, -0.15) is 9.57 Å². The number of hydrogen-bond acceptors (Lipinski definition) is 5. The lowest BCUT2D eigenvalue weighted by atomic mass is 10.0. The van der Waals surface area contributed by atoms with E-state index in [0.29, 0.717) is 24.9 Å². The highest BCUT2D eigenvalue weighted by Crippen LogP contribution is 2.25. The van der Waals surface area contributed by atoms with Crippen LogP contribution in [0.4, 0.5) is 0 Å². The lowest BCUT2D eigenvalue weighted by molar-refractivity contribution is -0.149. The Bertz CT molecular complexity index is 694. The number of ether oxygens (including phenoxy) is 1. The van der Waals surface area contributed by atoms with Crippen molar-refractivity contribution in [2.45, 2.75) is 24.7 Å². The fourth-order valence-electron chi connectivity index (χ4n) is 2.49. The summed E-state index contributed by atoms with van der Waals surface area (Å²) in [7, 11) is -3.70. The van der Waals surface area contributed by atoms with Crippen molar-refractivity contribution in [3.8, 4) is 6.07 Å². The van der Waals surface area contributed by atoms with E-state index in [0.717, 1.165) is 0 Å². The maximum atomic E-state index is 12.6. The van der Waals surface area contributed by atoms with Gasteiger partial charge in [0.15, 0.2) is 0 Å². The fourth-order valence-corrected chi connectivity index (χ4v) is 4.06. The molecule has 118 valence electrons. The zero-order valence-corrected chi connectivity index (χ0v) is 13.2. The summed E-state index contributed by atoms with van der Waals surface area (Å²) in [6.07, 6.45) is 1.24. The Morgan fingerprint density at radius 2 is 2.27 bits per heavy atom. The van der Waals surface area contributed by atoms with Crippen molar-refractivity contribution >= 4 is 16.0 Å². The molecule has 1 heterocycles. The molecule has 1 atom stereocenters. The summed E-state index contributed by atoms with van der Waals surface area (Å²) in [6.45, 7) is 2.50. The number of sulfonamides is 1. The van der Waals surface area contributed by atoms with E-state index in [2.05, 4.69) is 0 Å². The summed E-state index contributed by atoms with van der Waals surface area (Å²) in [6, 6.07) is 7.83. The first-order valence-electron chi connectivity index (χ1n) is 7.16. The highest BCUT2D eigenvalue weighted by atomic mass is 32.2. The number of benzene rings is 1. The minimum absolute atomic E-state index is 0.0797. The maximum absolute atomic E-state index is 12.6. The van der Waals surface area contributed by atoms with Crippen molar-refractivity contribution in [3.05, 3.63) is 29.8 Å². The van der Waals surface area contributed by atoms with Crippen LogP contribution in [0.1, 0.15) is 25.3 Å². The normalized spacial score (nSPS) is 19.4. The quantitative estimate of drug-likeness (QED) is 0.784. The average molecular weight is 322 g/mol. The molecule has 2 rings (SSSR count). The number of piperidine rings is 1. The largest absolute Gasteiger partial charge is 0.466 e. The molecule has 1 aliphatic rings. The van der Waals surface area contributed by atoms with Gasteiger partial charge in [-0.1, -0.05) is 6.07 Å². The van der Waals surface area contributed by atoms with Gasteiger partial charge in [-0.15, -0.1) is 0 Å². The van der Waals surface area contributed by atoms with Crippen LogP contribution in [0, 0.1) is 17.2 Å². The highest BCUT2D eigenvalue weighted by Gasteiger charge is 2.34. The van der Waals surface area contributed by atoms with Crippen molar-refractivity contribution < 1.29 is 17.9 Å². The first kappa shape index (κ1) is 16.5. The van der Waals surface area contributed by atoms with Gasteiger partial charge in [-0.25, -0.2) is 8.42 Å². The van der Waals surface area contributed by atoms with Gasteiger partial charge in [0.2, 0.25) is 10.0 Å². The Morgan fingerprint density at radius 3 is 2.95 bits per heavy atom. The third-order valence-electron chi connectivity index (χ3n) is 3.60. The molecular formula is C15H18N2O4S. The molecule has 7 heteroatoms. The molecule has 0 saturated carbocycles. The zero-order valence-electron chi connectivity index (χ0n) is 12.4. The molecule has 1 aromatic rings. The fraction of sp³-hybridized carbons (Fsp3) is 0.467. The molecule has 0 radical (unpaired) electrons. The lowest BCUT2D eigenvalue weighted by Gasteiger charge is -2.30. The molecule has 0 aliphatic carbocycles. The van der Waals surface area contributed by atoms with Gasteiger partial charge >= 0.3 is 5.97 Å². The topological polar surface area (TPSA) is 87.5 Å². The second-order valence-corrected chi connectivity index (χ2v) is 7.03. The van der Waals surface area contributed by atoms with E-state index in [-0.39, 0.29) is 24.0 Å². The Balaban J connectivity index is 2.22.